The van der Waals surface area contributed by atoms with Crippen molar-refractivity contribution in [3.05, 3.63) is 29.8 Å². The molecule has 0 saturated carbocycles. The lowest BCUT2D eigenvalue weighted by Gasteiger charge is -2.37. The van der Waals surface area contributed by atoms with Crippen molar-refractivity contribution in [2.45, 2.75) is 26.3 Å². The minimum absolute atomic E-state index is 0.0462. The summed E-state index contributed by atoms with van der Waals surface area (Å²) < 4.78 is 37.7. The van der Waals surface area contributed by atoms with Crippen molar-refractivity contribution < 1.29 is 18.1 Å². The van der Waals surface area contributed by atoms with Gasteiger partial charge >= 0.3 is 7.12 Å². The molecule has 110 valence electrons. The third-order valence-electron chi connectivity index (χ3n) is 3.37. The van der Waals surface area contributed by atoms with E-state index < -0.39 is 18.8 Å². The molecule has 0 unspecified atom stereocenters. The van der Waals surface area contributed by atoms with E-state index >= 15 is 0 Å². The lowest BCUT2D eigenvalue weighted by Crippen LogP contribution is -2.50. The quantitative estimate of drug-likeness (QED) is 0.734. The molecule has 2 rings (SSSR count). The Labute approximate surface area is 119 Å². The second kappa shape index (κ2) is 6.20. The maximum Gasteiger partial charge on any atom is 0.494 e. The molecule has 3 nitrogen and oxygen atoms in total. The molecular formula is C14H20BF2NO2. The molecule has 0 spiro atoms. The lowest BCUT2D eigenvalue weighted by atomic mass is 9.78. The molecule has 20 heavy (non-hydrogen) atoms. The van der Waals surface area contributed by atoms with Gasteiger partial charge in [0.15, 0.2) is 0 Å². The predicted molar refractivity (Wildman–Crippen MR) is 75.0 cm³/mol. The van der Waals surface area contributed by atoms with E-state index in [-0.39, 0.29) is 5.54 Å². The van der Waals surface area contributed by atoms with Crippen LogP contribution in [0.25, 0.3) is 0 Å². The zero-order chi connectivity index (χ0) is 14.8. The summed E-state index contributed by atoms with van der Waals surface area (Å²) in [5.41, 5.74) is 0.427. The third kappa shape index (κ3) is 4.01. The second-order valence-electron chi connectivity index (χ2n) is 5.93. The molecule has 0 bridgehead atoms. The third-order valence-corrected chi connectivity index (χ3v) is 3.37. The molecule has 0 N–H and O–H groups in total. The van der Waals surface area contributed by atoms with Gasteiger partial charge in [0.1, 0.15) is 11.6 Å². The van der Waals surface area contributed by atoms with Crippen LogP contribution >= 0.6 is 0 Å². The Hall–Kier alpha value is -0.975. The average molecular weight is 283 g/mol. The summed E-state index contributed by atoms with van der Waals surface area (Å²) in [6, 6.07) is 3.33. The van der Waals surface area contributed by atoms with Crippen LogP contribution in [0, 0.1) is 11.6 Å². The highest BCUT2D eigenvalue weighted by molar-refractivity contribution is 6.61. The predicted octanol–water partition coefficient (Wildman–Crippen LogP) is 1.81. The van der Waals surface area contributed by atoms with Gasteiger partial charge in [-0.3, -0.25) is 4.90 Å². The summed E-state index contributed by atoms with van der Waals surface area (Å²) >= 11 is 0. The van der Waals surface area contributed by atoms with Gasteiger partial charge in [-0.25, -0.2) is 8.78 Å². The molecule has 1 aromatic rings. The van der Waals surface area contributed by atoms with Gasteiger partial charge in [-0.05, 0) is 38.4 Å². The molecule has 1 aliphatic heterocycles. The van der Waals surface area contributed by atoms with Crippen LogP contribution in [0.2, 0.25) is 0 Å². The maximum atomic E-state index is 13.2. The van der Waals surface area contributed by atoms with Crippen molar-refractivity contribution in [2.24, 2.45) is 0 Å². The van der Waals surface area contributed by atoms with E-state index in [0.717, 1.165) is 19.2 Å². The van der Waals surface area contributed by atoms with Crippen LogP contribution in [-0.4, -0.2) is 43.9 Å². The summed E-state index contributed by atoms with van der Waals surface area (Å²) in [6.07, 6.45) is 0. The number of halogens is 2. The van der Waals surface area contributed by atoms with Crippen molar-refractivity contribution in [3.8, 4) is 0 Å². The van der Waals surface area contributed by atoms with Gasteiger partial charge in [0, 0.05) is 37.9 Å². The molecule has 1 aliphatic rings. The van der Waals surface area contributed by atoms with Crippen LogP contribution in [0.1, 0.15) is 20.8 Å². The van der Waals surface area contributed by atoms with Crippen molar-refractivity contribution in [3.63, 3.8) is 0 Å². The fourth-order valence-electron chi connectivity index (χ4n) is 2.27. The Bertz CT molecular complexity index is 435. The minimum atomic E-state index is -0.706. The van der Waals surface area contributed by atoms with E-state index in [4.69, 9.17) is 9.31 Å². The van der Waals surface area contributed by atoms with Crippen molar-refractivity contribution in [1.29, 1.82) is 0 Å². The molecule has 0 radical (unpaired) electrons. The summed E-state index contributed by atoms with van der Waals surface area (Å²) in [7, 11) is -0.706. The smallest absolute Gasteiger partial charge is 0.406 e. The van der Waals surface area contributed by atoms with Gasteiger partial charge in [-0.2, -0.15) is 0 Å². The van der Waals surface area contributed by atoms with Crippen molar-refractivity contribution >= 4 is 12.6 Å². The molecule has 0 aliphatic carbocycles. The van der Waals surface area contributed by atoms with Crippen molar-refractivity contribution in [2.75, 3.05) is 26.3 Å². The van der Waals surface area contributed by atoms with E-state index in [1.54, 1.807) is 0 Å². The van der Waals surface area contributed by atoms with E-state index in [1.165, 1.54) is 12.1 Å². The average Bonchev–Trinajstić information content (AvgIpc) is 2.24. The van der Waals surface area contributed by atoms with Gasteiger partial charge in [0.25, 0.3) is 0 Å². The first-order chi connectivity index (χ1) is 9.36. The molecular weight excluding hydrogens is 263 g/mol. The molecule has 1 fully saturated rings. The second-order valence-corrected chi connectivity index (χ2v) is 5.93. The van der Waals surface area contributed by atoms with E-state index in [0.29, 0.717) is 18.7 Å². The molecule has 0 aromatic heterocycles. The van der Waals surface area contributed by atoms with Gasteiger partial charge < -0.3 is 9.31 Å². The number of benzene rings is 1. The largest absolute Gasteiger partial charge is 0.494 e. The Balaban J connectivity index is 2.03. The molecule has 1 heterocycles. The highest BCUT2D eigenvalue weighted by atomic mass is 19.1. The monoisotopic (exact) mass is 283 g/mol. The van der Waals surface area contributed by atoms with Crippen LogP contribution in [0.4, 0.5) is 8.78 Å². The number of rotatable bonds is 1. The van der Waals surface area contributed by atoms with Crippen molar-refractivity contribution in [1.82, 2.24) is 4.90 Å². The molecule has 6 heteroatoms. The maximum absolute atomic E-state index is 13.2. The summed E-state index contributed by atoms with van der Waals surface area (Å²) in [6.45, 7) is 8.85. The number of hydrogen-bond acceptors (Lipinski definition) is 3. The normalized spacial score (nSPS) is 18.8. The molecule has 0 amide bonds. The Morgan fingerprint density at radius 3 is 1.95 bits per heavy atom. The highest BCUT2D eigenvalue weighted by Crippen LogP contribution is 2.14. The summed E-state index contributed by atoms with van der Waals surface area (Å²) in [5, 5.41) is 0. The standard InChI is InChI=1S/C14H20BF2NO2/c1-14(2,3)18-4-6-19-15(20-7-5-18)11-8-12(16)10-13(17)9-11/h8-10H,4-7H2,1-3H3. The number of nitrogens with zero attached hydrogens (tertiary/aromatic N) is 1. The van der Waals surface area contributed by atoms with Gasteiger partial charge in [0.2, 0.25) is 0 Å². The minimum Gasteiger partial charge on any atom is -0.406 e. The first-order valence-electron chi connectivity index (χ1n) is 6.80. The fraction of sp³-hybridized carbons (Fsp3) is 0.571. The SMILES string of the molecule is CC(C)(C)N1CCOB(c2cc(F)cc(F)c2)OCC1. The Morgan fingerprint density at radius 2 is 1.50 bits per heavy atom. The van der Waals surface area contributed by atoms with Gasteiger partial charge in [0.05, 0.1) is 0 Å². The van der Waals surface area contributed by atoms with E-state index in [9.17, 15) is 8.78 Å². The first-order valence-corrected chi connectivity index (χ1v) is 6.80. The molecule has 0 atom stereocenters. The van der Waals surface area contributed by atoms with E-state index in [1.807, 2.05) is 0 Å². The Morgan fingerprint density at radius 1 is 1.00 bits per heavy atom. The van der Waals surface area contributed by atoms with Crippen LogP contribution in [-0.2, 0) is 9.31 Å². The zero-order valence-electron chi connectivity index (χ0n) is 12.2. The molecule has 1 saturated heterocycles. The van der Waals surface area contributed by atoms with Crippen LogP contribution in [0.5, 0.6) is 0 Å². The zero-order valence-corrected chi connectivity index (χ0v) is 12.2. The summed E-state index contributed by atoms with van der Waals surface area (Å²) in [4.78, 5) is 2.26. The van der Waals surface area contributed by atoms with Crippen LogP contribution in [0.15, 0.2) is 18.2 Å². The summed E-state index contributed by atoms with van der Waals surface area (Å²) in [5.74, 6) is -1.24. The van der Waals surface area contributed by atoms with Gasteiger partial charge in [-0.1, -0.05) is 0 Å². The highest BCUT2D eigenvalue weighted by Gasteiger charge is 2.28. The number of hydrogen-bond donors (Lipinski definition) is 0. The first kappa shape index (κ1) is 15.4. The van der Waals surface area contributed by atoms with Gasteiger partial charge in [-0.15, -0.1) is 0 Å². The van der Waals surface area contributed by atoms with Crippen LogP contribution in [0.3, 0.4) is 0 Å². The lowest BCUT2D eigenvalue weighted by molar-refractivity contribution is 0.0602. The Kier molecular flexibility index (Phi) is 4.78. The topological polar surface area (TPSA) is 21.7 Å². The molecule has 1 aromatic carbocycles. The fourth-order valence-corrected chi connectivity index (χ4v) is 2.27. The van der Waals surface area contributed by atoms with Crippen LogP contribution < -0.4 is 5.46 Å². The van der Waals surface area contributed by atoms with E-state index in [2.05, 4.69) is 25.7 Å².